The van der Waals surface area contributed by atoms with Crippen molar-refractivity contribution in [3.63, 3.8) is 0 Å². The molecule has 166 valence electrons. The smallest absolute Gasteiger partial charge is 0.328 e. The fourth-order valence-corrected chi connectivity index (χ4v) is 3.33. The lowest BCUT2D eigenvalue weighted by Crippen LogP contribution is -2.43. The highest BCUT2D eigenvalue weighted by Gasteiger charge is 2.23. The van der Waals surface area contributed by atoms with Crippen molar-refractivity contribution in [2.24, 2.45) is 0 Å². The Morgan fingerprint density at radius 2 is 1.78 bits per heavy atom. The Labute approximate surface area is 188 Å². The van der Waals surface area contributed by atoms with Gasteiger partial charge in [0, 0.05) is 36.6 Å². The number of pyridine rings is 2. The van der Waals surface area contributed by atoms with E-state index in [1.54, 1.807) is 24.3 Å². The third-order valence-electron chi connectivity index (χ3n) is 5.09. The highest BCUT2D eigenvalue weighted by atomic mass is 16.5. The summed E-state index contributed by atoms with van der Waals surface area (Å²) in [6.07, 6.45) is 4.79. The molecule has 2 heterocycles. The maximum Gasteiger partial charge on any atom is 0.328 e. The molecule has 0 aliphatic rings. The number of methoxy groups -OCH3 is 1. The first-order valence-corrected chi connectivity index (χ1v) is 10.6. The molecular weight excluding hydrogens is 404 g/mol. The second-order valence-electron chi connectivity index (χ2n) is 7.39. The molecule has 7 nitrogen and oxygen atoms in total. The molecule has 2 aromatic heterocycles. The first-order chi connectivity index (χ1) is 15.6. The largest absolute Gasteiger partial charge is 0.467 e. The topological polar surface area (TPSA) is 93.2 Å². The number of rotatable bonds is 10. The van der Waals surface area contributed by atoms with Gasteiger partial charge in [0.25, 0.3) is 5.91 Å². The van der Waals surface area contributed by atoms with Crippen LogP contribution in [0.5, 0.6) is 0 Å². The van der Waals surface area contributed by atoms with Gasteiger partial charge in [0.05, 0.1) is 7.11 Å². The van der Waals surface area contributed by atoms with E-state index in [0.29, 0.717) is 11.3 Å². The molecule has 1 amide bonds. The van der Waals surface area contributed by atoms with Gasteiger partial charge in [0.1, 0.15) is 11.9 Å². The Hall–Kier alpha value is -3.74. The van der Waals surface area contributed by atoms with Crippen molar-refractivity contribution in [1.82, 2.24) is 15.3 Å². The molecule has 0 aliphatic carbocycles. The molecule has 1 aromatic carbocycles. The zero-order valence-corrected chi connectivity index (χ0v) is 18.4. The van der Waals surface area contributed by atoms with Crippen molar-refractivity contribution in [3.05, 3.63) is 89.4 Å². The van der Waals surface area contributed by atoms with Crippen LogP contribution in [0, 0.1) is 0 Å². The van der Waals surface area contributed by atoms with E-state index in [-0.39, 0.29) is 12.3 Å². The number of ether oxygens (including phenoxy) is 1. The van der Waals surface area contributed by atoms with E-state index in [9.17, 15) is 9.59 Å². The predicted molar refractivity (Wildman–Crippen MR) is 123 cm³/mol. The van der Waals surface area contributed by atoms with E-state index in [0.717, 1.165) is 36.3 Å². The summed E-state index contributed by atoms with van der Waals surface area (Å²) in [5.41, 5.74) is 3.36. The Kier molecular flexibility index (Phi) is 8.31. The van der Waals surface area contributed by atoms with E-state index >= 15 is 0 Å². The number of nitrogens with one attached hydrogen (secondary N) is 2. The molecule has 1 atom stereocenters. The Morgan fingerprint density at radius 1 is 0.969 bits per heavy atom. The molecule has 3 rings (SSSR count). The van der Waals surface area contributed by atoms with Crippen LogP contribution in [0.3, 0.4) is 0 Å². The summed E-state index contributed by atoms with van der Waals surface area (Å²) in [6.45, 7) is 0. The van der Waals surface area contributed by atoms with Gasteiger partial charge in [-0.25, -0.2) is 9.78 Å². The quantitative estimate of drug-likeness (QED) is 0.478. The van der Waals surface area contributed by atoms with Gasteiger partial charge in [0.15, 0.2) is 0 Å². The normalized spacial score (nSPS) is 11.4. The third kappa shape index (κ3) is 6.63. The summed E-state index contributed by atoms with van der Waals surface area (Å²) in [7, 11) is 3.17. The van der Waals surface area contributed by atoms with Crippen LogP contribution in [0.4, 0.5) is 5.82 Å². The molecule has 7 heteroatoms. The number of aromatic nitrogens is 2. The van der Waals surface area contributed by atoms with Crippen LogP contribution in [0.25, 0.3) is 0 Å². The van der Waals surface area contributed by atoms with Crippen LogP contribution in [0.15, 0.2) is 66.9 Å². The van der Waals surface area contributed by atoms with E-state index in [1.807, 2.05) is 49.6 Å². The van der Waals surface area contributed by atoms with Crippen molar-refractivity contribution in [2.75, 3.05) is 19.5 Å². The van der Waals surface area contributed by atoms with Crippen LogP contribution < -0.4 is 10.6 Å². The molecule has 3 aromatic rings. The second kappa shape index (κ2) is 11.6. The summed E-state index contributed by atoms with van der Waals surface area (Å²) >= 11 is 0. The van der Waals surface area contributed by atoms with Gasteiger partial charge in [-0.3, -0.25) is 9.78 Å². The van der Waals surface area contributed by atoms with Gasteiger partial charge in [-0.05, 0) is 55.2 Å². The van der Waals surface area contributed by atoms with E-state index in [4.69, 9.17) is 4.74 Å². The first kappa shape index (κ1) is 22.9. The van der Waals surface area contributed by atoms with E-state index in [1.165, 1.54) is 7.11 Å². The maximum atomic E-state index is 12.4. The first-order valence-electron chi connectivity index (χ1n) is 10.6. The third-order valence-corrected chi connectivity index (χ3v) is 5.09. The summed E-state index contributed by atoms with van der Waals surface area (Å²) < 4.78 is 4.86. The number of benzene rings is 1. The number of hydrogen-bond donors (Lipinski definition) is 2. The van der Waals surface area contributed by atoms with Crippen molar-refractivity contribution in [3.8, 4) is 0 Å². The second-order valence-corrected chi connectivity index (χ2v) is 7.39. The minimum absolute atomic E-state index is 0.256. The summed E-state index contributed by atoms with van der Waals surface area (Å²) in [6, 6.07) is 17.8. The summed E-state index contributed by atoms with van der Waals surface area (Å²) in [5.74, 6) is 0.0399. The number of carbonyl (C=O) groups is 2. The molecule has 2 N–H and O–H groups in total. The van der Waals surface area contributed by atoms with Crippen LogP contribution >= 0.6 is 0 Å². The van der Waals surface area contributed by atoms with Crippen molar-refractivity contribution < 1.29 is 14.3 Å². The molecular formula is C25H28N4O3. The highest BCUT2D eigenvalue weighted by molar-refractivity contribution is 5.96. The predicted octanol–water partition coefficient (Wildman–Crippen LogP) is 3.21. The maximum absolute atomic E-state index is 12.4. The molecule has 0 spiro atoms. The number of hydrogen-bond acceptors (Lipinski definition) is 6. The number of aryl methyl sites for hydroxylation is 2. The standard InChI is InChI=1S/C25H28N4O3/c1-26-23-13-7-12-20(28-23)11-6-8-18-14-15-21(27-17-18)16-22(25(31)32-2)29-24(30)19-9-4-3-5-10-19/h3-5,7,9-10,12-15,17,22H,6,8,11,16H2,1-2H3,(H,26,28)(H,29,30)/t22-/m0/s1. The van der Waals surface area contributed by atoms with Crippen LogP contribution in [0.2, 0.25) is 0 Å². The monoisotopic (exact) mass is 432 g/mol. The van der Waals surface area contributed by atoms with Gasteiger partial charge in [-0.15, -0.1) is 0 Å². The number of carbonyl (C=O) groups excluding carboxylic acids is 2. The van der Waals surface area contributed by atoms with Gasteiger partial charge >= 0.3 is 5.97 Å². The minimum atomic E-state index is -0.809. The molecule has 0 radical (unpaired) electrons. The molecule has 0 unspecified atom stereocenters. The molecule has 32 heavy (non-hydrogen) atoms. The number of anilines is 1. The lowest BCUT2D eigenvalue weighted by Gasteiger charge is -2.16. The average molecular weight is 433 g/mol. The lowest BCUT2D eigenvalue weighted by molar-refractivity contribution is -0.142. The van der Waals surface area contributed by atoms with E-state index < -0.39 is 12.0 Å². The zero-order valence-electron chi connectivity index (χ0n) is 18.4. The minimum Gasteiger partial charge on any atom is -0.467 e. The average Bonchev–Trinajstić information content (AvgIpc) is 2.84. The fraction of sp³-hybridized carbons (Fsp3) is 0.280. The van der Waals surface area contributed by atoms with Crippen LogP contribution in [-0.2, 0) is 28.8 Å². The van der Waals surface area contributed by atoms with Gasteiger partial charge in [-0.2, -0.15) is 0 Å². The van der Waals surface area contributed by atoms with Gasteiger partial charge < -0.3 is 15.4 Å². The number of nitrogens with zero attached hydrogens (tertiary/aromatic N) is 2. The lowest BCUT2D eigenvalue weighted by atomic mass is 10.1. The van der Waals surface area contributed by atoms with Crippen LogP contribution in [-0.4, -0.2) is 42.0 Å². The highest BCUT2D eigenvalue weighted by Crippen LogP contribution is 2.11. The fourth-order valence-electron chi connectivity index (χ4n) is 3.33. The Bertz CT molecular complexity index is 1020. The molecule has 0 saturated carbocycles. The van der Waals surface area contributed by atoms with E-state index in [2.05, 4.69) is 20.6 Å². The number of amides is 1. The van der Waals surface area contributed by atoms with Gasteiger partial charge in [-0.1, -0.05) is 30.3 Å². The molecule has 0 saturated heterocycles. The van der Waals surface area contributed by atoms with Crippen LogP contribution in [0.1, 0.15) is 33.7 Å². The molecule has 0 fully saturated rings. The summed E-state index contributed by atoms with van der Waals surface area (Å²) in [5, 5.41) is 5.79. The Balaban J connectivity index is 1.55. The molecule has 0 aliphatic heterocycles. The van der Waals surface area contributed by atoms with Gasteiger partial charge in [0.2, 0.25) is 0 Å². The zero-order chi connectivity index (χ0) is 22.8. The van der Waals surface area contributed by atoms with Crippen molar-refractivity contribution in [2.45, 2.75) is 31.7 Å². The molecule has 0 bridgehead atoms. The number of esters is 1. The summed E-state index contributed by atoms with van der Waals surface area (Å²) in [4.78, 5) is 33.7. The van der Waals surface area contributed by atoms with Crippen molar-refractivity contribution in [1.29, 1.82) is 0 Å². The SMILES string of the molecule is CNc1cccc(CCCc2ccc(C[C@H](NC(=O)c3ccccc3)C(=O)OC)nc2)n1. The van der Waals surface area contributed by atoms with Crippen molar-refractivity contribution >= 4 is 17.7 Å². The Morgan fingerprint density at radius 3 is 2.47 bits per heavy atom.